The molecule has 1 aromatic heterocycles. The van der Waals surface area contributed by atoms with E-state index in [4.69, 9.17) is 5.11 Å². The van der Waals surface area contributed by atoms with Crippen LogP contribution in [0.4, 0.5) is 0 Å². The third-order valence-corrected chi connectivity index (χ3v) is 3.41. The molecule has 0 bridgehead atoms. The minimum atomic E-state index is -0.997. The van der Waals surface area contributed by atoms with Crippen molar-refractivity contribution in [3.8, 4) is 5.75 Å². The number of carboxylic acids is 1. The van der Waals surface area contributed by atoms with Gasteiger partial charge in [-0.1, -0.05) is 18.2 Å². The summed E-state index contributed by atoms with van der Waals surface area (Å²) in [5.41, 5.74) is 0.933. The molecule has 92 valence electrons. The third kappa shape index (κ3) is 2.81. The Hall–Kier alpha value is -2.01. The van der Waals surface area contributed by atoms with Gasteiger partial charge in [0.15, 0.2) is 0 Å². The average Bonchev–Trinajstić information content (AvgIpc) is 2.38. The fourth-order valence-corrected chi connectivity index (χ4v) is 2.43. The predicted octanol–water partition coefficient (Wildman–Crippen LogP) is 2.78. The monoisotopic (exact) mass is 261 g/mol. The lowest BCUT2D eigenvalue weighted by Crippen LogP contribution is -2.00. The summed E-state index contributed by atoms with van der Waals surface area (Å²) < 4.78 is 0. The lowest BCUT2D eigenvalue weighted by Gasteiger charge is -2.05. The highest BCUT2D eigenvalue weighted by atomic mass is 32.2. The Balaban J connectivity index is 2.16. The Bertz CT molecular complexity index is 572. The Morgan fingerprint density at radius 3 is 2.72 bits per heavy atom. The van der Waals surface area contributed by atoms with Gasteiger partial charge in [-0.3, -0.25) is 0 Å². The van der Waals surface area contributed by atoms with Crippen molar-refractivity contribution in [2.45, 2.75) is 10.8 Å². The molecule has 0 aliphatic heterocycles. The molecule has 0 saturated carbocycles. The van der Waals surface area contributed by atoms with Crippen LogP contribution in [0.5, 0.6) is 5.75 Å². The number of carbonyl (C=O) groups is 1. The Labute approximate surface area is 108 Å². The number of phenolic OH excluding ortho intramolecular Hbond substituents is 1. The molecule has 0 fully saturated rings. The quantitative estimate of drug-likeness (QED) is 0.828. The molecule has 0 aliphatic carbocycles. The van der Waals surface area contributed by atoms with Crippen molar-refractivity contribution in [3.05, 3.63) is 53.7 Å². The van der Waals surface area contributed by atoms with E-state index in [0.29, 0.717) is 10.8 Å². The average molecular weight is 261 g/mol. The number of hydrogen-bond acceptors (Lipinski definition) is 4. The summed E-state index contributed by atoms with van der Waals surface area (Å²) >= 11 is 1.29. The molecular weight excluding hydrogens is 250 g/mol. The zero-order chi connectivity index (χ0) is 13.0. The standard InChI is InChI=1S/C13H11NO3S/c15-11-6-2-1-4-9(11)8-18-12-10(13(16)17)5-3-7-14-12/h1-7,15H,8H2,(H,16,17). The van der Waals surface area contributed by atoms with Gasteiger partial charge in [-0.05, 0) is 18.2 Å². The van der Waals surface area contributed by atoms with E-state index >= 15 is 0 Å². The fourth-order valence-electron chi connectivity index (χ4n) is 1.45. The molecule has 1 heterocycles. The summed E-state index contributed by atoms with van der Waals surface area (Å²) in [6.07, 6.45) is 1.56. The van der Waals surface area contributed by atoms with Crippen molar-refractivity contribution >= 4 is 17.7 Å². The zero-order valence-corrected chi connectivity index (χ0v) is 10.2. The Morgan fingerprint density at radius 1 is 1.22 bits per heavy atom. The summed E-state index contributed by atoms with van der Waals surface area (Å²) in [5, 5.41) is 19.1. The number of aromatic hydroxyl groups is 1. The fraction of sp³-hybridized carbons (Fsp3) is 0.0769. The van der Waals surface area contributed by atoms with E-state index in [1.54, 1.807) is 30.5 Å². The SMILES string of the molecule is O=C(O)c1cccnc1SCc1ccccc1O. The molecule has 0 amide bonds. The van der Waals surface area contributed by atoms with E-state index in [2.05, 4.69) is 4.98 Å². The van der Waals surface area contributed by atoms with Crippen LogP contribution in [-0.4, -0.2) is 21.2 Å². The highest BCUT2D eigenvalue weighted by Gasteiger charge is 2.11. The van der Waals surface area contributed by atoms with Gasteiger partial charge < -0.3 is 10.2 Å². The van der Waals surface area contributed by atoms with Gasteiger partial charge in [0.05, 0.1) is 5.56 Å². The van der Waals surface area contributed by atoms with Crippen molar-refractivity contribution in [2.75, 3.05) is 0 Å². The second-order valence-corrected chi connectivity index (χ2v) is 4.54. The Morgan fingerprint density at radius 2 is 2.00 bits per heavy atom. The van der Waals surface area contributed by atoms with E-state index in [9.17, 15) is 9.90 Å². The molecule has 0 spiro atoms. The lowest BCUT2D eigenvalue weighted by molar-refractivity contribution is 0.0692. The molecule has 1 aromatic carbocycles. The van der Waals surface area contributed by atoms with Gasteiger partial charge >= 0.3 is 5.97 Å². The van der Waals surface area contributed by atoms with Crippen molar-refractivity contribution in [3.63, 3.8) is 0 Å². The number of aromatic nitrogens is 1. The Kier molecular flexibility index (Phi) is 3.84. The van der Waals surface area contributed by atoms with Crippen LogP contribution in [0.15, 0.2) is 47.6 Å². The highest BCUT2D eigenvalue weighted by Crippen LogP contribution is 2.27. The number of phenols is 1. The van der Waals surface area contributed by atoms with Crippen LogP contribution in [0.1, 0.15) is 15.9 Å². The summed E-state index contributed by atoms with van der Waals surface area (Å²) in [5.74, 6) is -0.315. The summed E-state index contributed by atoms with van der Waals surface area (Å²) in [6.45, 7) is 0. The first-order valence-electron chi connectivity index (χ1n) is 5.26. The smallest absolute Gasteiger partial charge is 0.338 e. The number of rotatable bonds is 4. The van der Waals surface area contributed by atoms with E-state index in [1.807, 2.05) is 6.07 Å². The van der Waals surface area contributed by atoms with E-state index < -0.39 is 5.97 Å². The van der Waals surface area contributed by atoms with E-state index in [0.717, 1.165) is 5.56 Å². The first-order valence-corrected chi connectivity index (χ1v) is 6.25. The maximum atomic E-state index is 11.0. The van der Waals surface area contributed by atoms with E-state index in [1.165, 1.54) is 17.8 Å². The number of pyridine rings is 1. The molecule has 4 nitrogen and oxygen atoms in total. The number of benzene rings is 1. The molecule has 0 atom stereocenters. The maximum absolute atomic E-state index is 11.0. The van der Waals surface area contributed by atoms with Crippen molar-refractivity contribution in [1.29, 1.82) is 0 Å². The molecule has 2 rings (SSSR count). The highest BCUT2D eigenvalue weighted by molar-refractivity contribution is 7.98. The van der Waals surface area contributed by atoms with Crippen LogP contribution < -0.4 is 0 Å². The second kappa shape index (κ2) is 5.55. The molecule has 0 radical (unpaired) electrons. The topological polar surface area (TPSA) is 70.4 Å². The van der Waals surface area contributed by atoms with Crippen LogP contribution >= 0.6 is 11.8 Å². The minimum absolute atomic E-state index is 0.179. The summed E-state index contributed by atoms with van der Waals surface area (Å²) in [6, 6.07) is 10.1. The second-order valence-electron chi connectivity index (χ2n) is 3.58. The van der Waals surface area contributed by atoms with Crippen LogP contribution in [0.3, 0.4) is 0 Å². The summed E-state index contributed by atoms with van der Waals surface area (Å²) in [4.78, 5) is 15.0. The predicted molar refractivity (Wildman–Crippen MR) is 68.9 cm³/mol. The molecule has 5 heteroatoms. The third-order valence-electron chi connectivity index (χ3n) is 2.36. The maximum Gasteiger partial charge on any atom is 0.338 e. The number of thioether (sulfide) groups is 1. The molecule has 0 saturated heterocycles. The first-order chi connectivity index (χ1) is 8.68. The molecular formula is C13H11NO3S. The van der Waals surface area contributed by atoms with Crippen LogP contribution in [-0.2, 0) is 5.75 Å². The normalized spacial score (nSPS) is 10.2. The minimum Gasteiger partial charge on any atom is -0.508 e. The number of carboxylic acid groups (broad SMARTS) is 1. The number of hydrogen-bond donors (Lipinski definition) is 2. The van der Waals surface area contributed by atoms with Gasteiger partial charge in [0.1, 0.15) is 10.8 Å². The molecule has 18 heavy (non-hydrogen) atoms. The lowest BCUT2D eigenvalue weighted by atomic mass is 10.2. The largest absolute Gasteiger partial charge is 0.508 e. The molecule has 0 unspecified atom stereocenters. The first kappa shape index (κ1) is 12.4. The molecule has 2 aromatic rings. The van der Waals surface area contributed by atoms with Gasteiger partial charge in [0.25, 0.3) is 0 Å². The van der Waals surface area contributed by atoms with Crippen LogP contribution in [0.2, 0.25) is 0 Å². The van der Waals surface area contributed by atoms with Gasteiger partial charge in [-0.15, -0.1) is 11.8 Å². The zero-order valence-electron chi connectivity index (χ0n) is 9.41. The molecule has 0 aliphatic rings. The van der Waals surface area contributed by atoms with Gasteiger partial charge in [-0.25, -0.2) is 9.78 Å². The van der Waals surface area contributed by atoms with Crippen molar-refractivity contribution in [2.24, 2.45) is 0 Å². The number of nitrogens with zero attached hydrogens (tertiary/aromatic N) is 1. The van der Waals surface area contributed by atoms with Gasteiger partial charge in [0, 0.05) is 17.5 Å². The van der Waals surface area contributed by atoms with Crippen molar-refractivity contribution < 1.29 is 15.0 Å². The summed E-state index contributed by atoms with van der Waals surface area (Å²) in [7, 11) is 0. The van der Waals surface area contributed by atoms with Gasteiger partial charge in [-0.2, -0.15) is 0 Å². The van der Waals surface area contributed by atoms with E-state index in [-0.39, 0.29) is 11.3 Å². The number of aromatic carboxylic acids is 1. The van der Waals surface area contributed by atoms with Crippen LogP contribution in [0, 0.1) is 0 Å². The van der Waals surface area contributed by atoms with Crippen LogP contribution in [0.25, 0.3) is 0 Å². The molecule has 2 N–H and O–H groups in total. The van der Waals surface area contributed by atoms with Crippen molar-refractivity contribution in [1.82, 2.24) is 4.98 Å². The number of para-hydroxylation sites is 1. The van der Waals surface area contributed by atoms with Gasteiger partial charge in [0.2, 0.25) is 0 Å².